The van der Waals surface area contributed by atoms with Gasteiger partial charge in [0.15, 0.2) is 5.11 Å². The summed E-state index contributed by atoms with van der Waals surface area (Å²) < 4.78 is 0. The van der Waals surface area contributed by atoms with Gasteiger partial charge in [0.1, 0.15) is 0 Å². The molecule has 21 heavy (non-hydrogen) atoms. The van der Waals surface area contributed by atoms with Crippen LogP contribution in [0.2, 0.25) is 0 Å². The second-order valence-electron chi connectivity index (χ2n) is 7.07. The van der Waals surface area contributed by atoms with Crippen LogP contribution in [0.25, 0.3) is 0 Å². The third-order valence-electron chi connectivity index (χ3n) is 4.05. The predicted molar refractivity (Wildman–Crippen MR) is 90.1 cm³/mol. The Labute approximate surface area is 133 Å². The summed E-state index contributed by atoms with van der Waals surface area (Å²) in [6.07, 6.45) is 7.23. The predicted octanol–water partition coefficient (Wildman–Crippen LogP) is 2.21. The Kier molecular flexibility index (Phi) is 5.25. The van der Waals surface area contributed by atoms with Crippen molar-refractivity contribution in [3.05, 3.63) is 11.6 Å². The quantitative estimate of drug-likeness (QED) is 0.606. The van der Waals surface area contributed by atoms with Crippen molar-refractivity contribution in [1.29, 1.82) is 0 Å². The van der Waals surface area contributed by atoms with Crippen LogP contribution in [0.1, 0.15) is 46.5 Å². The van der Waals surface area contributed by atoms with Gasteiger partial charge in [0, 0.05) is 18.6 Å². The fourth-order valence-electron chi connectivity index (χ4n) is 3.00. The maximum atomic E-state index is 12.3. The van der Waals surface area contributed by atoms with Crippen molar-refractivity contribution in [3.8, 4) is 0 Å². The third-order valence-corrected chi connectivity index (χ3v) is 4.30. The molecule has 1 heterocycles. The Balaban J connectivity index is 1.79. The van der Waals surface area contributed by atoms with E-state index in [0.29, 0.717) is 5.11 Å². The Morgan fingerprint density at radius 3 is 2.90 bits per heavy atom. The summed E-state index contributed by atoms with van der Waals surface area (Å²) in [6, 6.07) is 0. The molecule has 2 rings (SSSR count). The van der Waals surface area contributed by atoms with E-state index in [-0.39, 0.29) is 18.0 Å². The Morgan fingerprint density at radius 2 is 2.19 bits per heavy atom. The van der Waals surface area contributed by atoms with Crippen molar-refractivity contribution >= 4 is 23.2 Å². The molecule has 1 amide bonds. The fraction of sp³-hybridized carbons (Fsp3) is 0.750. The average Bonchev–Trinajstić information content (AvgIpc) is 2.42. The SMILES string of the molecule is CC(C)(C)NC(=S)NCC(=O)N1CCC2CCCC=C2C1. The first-order valence-electron chi connectivity index (χ1n) is 7.88. The Morgan fingerprint density at radius 1 is 1.43 bits per heavy atom. The van der Waals surface area contributed by atoms with E-state index in [1.807, 2.05) is 25.7 Å². The number of likely N-dealkylation sites (tertiary alicyclic amines) is 1. The van der Waals surface area contributed by atoms with E-state index in [1.54, 1.807) is 0 Å². The average molecular weight is 309 g/mol. The van der Waals surface area contributed by atoms with Crippen LogP contribution in [-0.4, -0.2) is 41.1 Å². The minimum absolute atomic E-state index is 0.0849. The number of nitrogens with one attached hydrogen (secondary N) is 2. The first-order chi connectivity index (χ1) is 9.85. The van der Waals surface area contributed by atoms with Crippen molar-refractivity contribution in [2.45, 2.75) is 52.0 Å². The van der Waals surface area contributed by atoms with Gasteiger partial charge in [-0.2, -0.15) is 0 Å². The summed E-state index contributed by atoms with van der Waals surface area (Å²) >= 11 is 5.21. The van der Waals surface area contributed by atoms with Crippen LogP contribution in [0.15, 0.2) is 11.6 Å². The van der Waals surface area contributed by atoms with Crippen molar-refractivity contribution in [1.82, 2.24) is 15.5 Å². The maximum absolute atomic E-state index is 12.3. The van der Waals surface area contributed by atoms with Gasteiger partial charge in [-0.15, -0.1) is 0 Å². The van der Waals surface area contributed by atoms with Crippen molar-refractivity contribution in [2.24, 2.45) is 5.92 Å². The van der Waals surface area contributed by atoms with E-state index in [1.165, 1.54) is 24.8 Å². The zero-order valence-electron chi connectivity index (χ0n) is 13.4. The number of allylic oxidation sites excluding steroid dienone is 1. The Bertz CT molecular complexity index is 439. The summed E-state index contributed by atoms with van der Waals surface area (Å²) in [5.74, 6) is 0.859. The third kappa shape index (κ3) is 4.99. The fourth-order valence-corrected chi connectivity index (χ4v) is 3.38. The molecule has 0 saturated carbocycles. The molecule has 1 fully saturated rings. The summed E-state index contributed by atoms with van der Waals surface area (Å²) in [6.45, 7) is 8.10. The molecule has 0 aromatic rings. The van der Waals surface area contributed by atoms with Crippen molar-refractivity contribution in [2.75, 3.05) is 19.6 Å². The molecule has 0 aromatic heterocycles. The highest BCUT2D eigenvalue weighted by Crippen LogP contribution is 2.31. The number of piperidine rings is 1. The molecule has 0 aromatic carbocycles. The minimum atomic E-state index is -0.0849. The summed E-state index contributed by atoms with van der Waals surface area (Å²) in [4.78, 5) is 14.3. The number of rotatable bonds is 2. The van der Waals surface area contributed by atoms with Gasteiger partial charge in [0.25, 0.3) is 0 Å². The second-order valence-corrected chi connectivity index (χ2v) is 7.48. The molecule has 1 aliphatic heterocycles. The lowest BCUT2D eigenvalue weighted by molar-refractivity contribution is -0.130. The first-order valence-corrected chi connectivity index (χ1v) is 8.29. The molecule has 5 heteroatoms. The number of amides is 1. The largest absolute Gasteiger partial charge is 0.358 e. The molecule has 1 atom stereocenters. The molecular weight excluding hydrogens is 282 g/mol. The molecule has 0 bridgehead atoms. The molecule has 1 unspecified atom stereocenters. The van der Waals surface area contributed by atoms with Gasteiger partial charge in [-0.25, -0.2) is 0 Å². The Hall–Kier alpha value is -1.10. The summed E-state index contributed by atoms with van der Waals surface area (Å²) in [5.41, 5.74) is 1.38. The van der Waals surface area contributed by atoms with E-state index in [2.05, 4.69) is 16.7 Å². The van der Waals surface area contributed by atoms with Gasteiger partial charge in [0.2, 0.25) is 5.91 Å². The molecule has 2 N–H and O–H groups in total. The molecule has 2 aliphatic rings. The molecule has 118 valence electrons. The summed E-state index contributed by atoms with van der Waals surface area (Å²) in [7, 11) is 0. The molecular formula is C16H27N3OS. The number of carbonyl (C=O) groups excluding carboxylic acids is 1. The van der Waals surface area contributed by atoms with Crippen molar-refractivity contribution in [3.63, 3.8) is 0 Å². The van der Waals surface area contributed by atoms with Crippen LogP contribution in [0.3, 0.4) is 0 Å². The highest BCUT2D eigenvalue weighted by atomic mass is 32.1. The molecule has 1 aliphatic carbocycles. The molecule has 0 radical (unpaired) electrons. The van der Waals surface area contributed by atoms with Gasteiger partial charge >= 0.3 is 0 Å². The van der Waals surface area contributed by atoms with Crippen LogP contribution >= 0.6 is 12.2 Å². The first kappa shape index (κ1) is 16.3. The van der Waals surface area contributed by atoms with Gasteiger partial charge in [0.05, 0.1) is 6.54 Å². The van der Waals surface area contributed by atoms with E-state index < -0.39 is 0 Å². The monoisotopic (exact) mass is 309 g/mol. The normalized spacial score (nSPS) is 22.1. The standard InChI is InChI=1S/C16H27N3OS/c1-16(2,3)18-15(21)17-10-14(20)19-9-8-12-6-4-5-7-13(12)11-19/h7,12H,4-6,8-11H2,1-3H3,(H2,17,18,21). The lowest BCUT2D eigenvalue weighted by Crippen LogP contribution is -2.50. The zero-order chi connectivity index (χ0) is 15.5. The highest BCUT2D eigenvalue weighted by Gasteiger charge is 2.27. The van der Waals surface area contributed by atoms with Crippen LogP contribution in [0.5, 0.6) is 0 Å². The highest BCUT2D eigenvalue weighted by molar-refractivity contribution is 7.80. The smallest absolute Gasteiger partial charge is 0.242 e. The van der Waals surface area contributed by atoms with E-state index in [4.69, 9.17) is 12.2 Å². The second kappa shape index (κ2) is 6.77. The maximum Gasteiger partial charge on any atom is 0.242 e. The van der Waals surface area contributed by atoms with E-state index >= 15 is 0 Å². The zero-order valence-corrected chi connectivity index (χ0v) is 14.2. The number of nitrogens with zero attached hydrogens (tertiary/aromatic N) is 1. The molecule has 4 nitrogen and oxygen atoms in total. The number of thiocarbonyl (C=S) groups is 1. The van der Waals surface area contributed by atoms with Crippen LogP contribution in [0.4, 0.5) is 0 Å². The number of hydrogen-bond acceptors (Lipinski definition) is 2. The number of fused-ring (bicyclic) bond motifs is 1. The van der Waals surface area contributed by atoms with Crippen LogP contribution in [0, 0.1) is 5.92 Å². The topological polar surface area (TPSA) is 44.4 Å². The summed E-state index contributed by atoms with van der Waals surface area (Å²) in [5, 5.41) is 6.72. The molecule has 0 spiro atoms. The van der Waals surface area contributed by atoms with Gasteiger partial charge < -0.3 is 15.5 Å². The van der Waals surface area contributed by atoms with E-state index in [9.17, 15) is 4.79 Å². The van der Waals surface area contributed by atoms with Gasteiger partial charge in [-0.3, -0.25) is 4.79 Å². The molecule has 1 saturated heterocycles. The van der Waals surface area contributed by atoms with Crippen LogP contribution in [-0.2, 0) is 4.79 Å². The lowest BCUT2D eigenvalue weighted by Gasteiger charge is -2.36. The number of hydrogen-bond donors (Lipinski definition) is 2. The minimum Gasteiger partial charge on any atom is -0.358 e. The van der Waals surface area contributed by atoms with E-state index in [0.717, 1.165) is 25.4 Å². The lowest BCUT2D eigenvalue weighted by atomic mass is 9.82. The van der Waals surface area contributed by atoms with Crippen molar-refractivity contribution < 1.29 is 4.79 Å². The van der Waals surface area contributed by atoms with Gasteiger partial charge in [-0.1, -0.05) is 11.6 Å². The van der Waals surface area contributed by atoms with Crippen LogP contribution < -0.4 is 10.6 Å². The van der Waals surface area contributed by atoms with Gasteiger partial charge in [-0.05, 0) is 64.6 Å². The number of carbonyl (C=O) groups is 1.